The molecule has 3 atom stereocenters. The van der Waals surface area contributed by atoms with Gasteiger partial charge in [0.25, 0.3) is 0 Å². The molecular weight excluding hydrogens is 188 g/mol. The van der Waals surface area contributed by atoms with Crippen LogP contribution in [-0.4, -0.2) is 23.9 Å². The minimum atomic E-state index is -0.544. The first-order valence-electron chi connectivity index (χ1n) is 6.17. The van der Waals surface area contributed by atoms with Crippen molar-refractivity contribution in [2.24, 2.45) is 11.8 Å². The lowest BCUT2D eigenvalue weighted by Gasteiger charge is -2.34. The molecular formula is C13H22O2. The van der Waals surface area contributed by atoms with Crippen LogP contribution >= 0.6 is 0 Å². The highest BCUT2D eigenvalue weighted by molar-refractivity contribution is 5.07. The van der Waals surface area contributed by atoms with Crippen molar-refractivity contribution in [2.45, 2.75) is 44.6 Å². The van der Waals surface area contributed by atoms with E-state index in [1.54, 1.807) is 0 Å². The lowest BCUT2D eigenvalue weighted by atomic mass is 9.79. The second-order valence-corrected chi connectivity index (χ2v) is 5.27. The SMILES string of the molecule is CC1C=CC(O)(CC2CCCOC2)CC1. The predicted octanol–water partition coefficient (Wildman–Crippen LogP) is 2.52. The third-order valence-corrected chi connectivity index (χ3v) is 3.66. The maximum Gasteiger partial charge on any atom is 0.0831 e. The van der Waals surface area contributed by atoms with Gasteiger partial charge in [-0.25, -0.2) is 0 Å². The van der Waals surface area contributed by atoms with Gasteiger partial charge in [0, 0.05) is 13.2 Å². The van der Waals surface area contributed by atoms with E-state index >= 15 is 0 Å². The summed E-state index contributed by atoms with van der Waals surface area (Å²) < 4.78 is 5.45. The van der Waals surface area contributed by atoms with Gasteiger partial charge < -0.3 is 9.84 Å². The van der Waals surface area contributed by atoms with Gasteiger partial charge in [0.15, 0.2) is 0 Å². The van der Waals surface area contributed by atoms with E-state index in [0.717, 1.165) is 38.9 Å². The zero-order valence-electron chi connectivity index (χ0n) is 9.61. The minimum Gasteiger partial charge on any atom is -0.386 e. The van der Waals surface area contributed by atoms with Gasteiger partial charge in [-0.2, -0.15) is 0 Å². The Morgan fingerprint density at radius 1 is 1.47 bits per heavy atom. The number of allylic oxidation sites excluding steroid dienone is 1. The molecule has 2 aliphatic rings. The smallest absolute Gasteiger partial charge is 0.0831 e. The van der Waals surface area contributed by atoms with E-state index in [4.69, 9.17) is 4.74 Å². The van der Waals surface area contributed by atoms with E-state index in [2.05, 4.69) is 13.0 Å². The molecule has 1 N–H and O–H groups in total. The highest BCUT2D eigenvalue weighted by atomic mass is 16.5. The molecule has 2 rings (SSSR count). The fourth-order valence-corrected chi connectivity index (χ4v) is 2.64. The van der Waals surface area contributed by atoms with Crippen LogP contribution in [0.25, 0.3) is 0 Å². The Morgan fingerprint density at radius 2 is 2.33 bits per heavy atom. The van der Waals surface area contributed by atoms with Crippen molar-refractivity contribution < 1.29 is 9.84 Å². The molecule has 1 aliphatic carbocycles. The molecule has 86 valence electrons. The van der Waals surface area contributed by atoms with Crippen LogP contribution in [0.4, 0.5) is 0 Å². The molecule has 0 aromatic carbocycles. The summed E-state index contributed by atoms with van der Waals surface area (Å²) in [7, 11) is 0. The van der Waals surface area contributed by atoms with Crippen LogP contribution in [0, 0.1) is 11.8 Å². The number of hydrogen-bond acceptors (Lipinski definition) is 2. The summed E-state index contributed by atoms with van der Waals surface area (Å²) >= 11 is 0. The maximum atomic E-state index is 10.4. The van der Waals surface area contributed by atoms with Crippen LogP contribution in [0.15, 0.2) is 12.2 Å². The summed E-state index contributed by atoms with van der Waals surface area (Å²) in [6.07, 6.45) is 9.47. The summed E-state index contributed by atoms with van der Waals surface area (Å²) in [6, 6.07) is 0. The summed E-state index contributed by atoms with van der Waals surface area (Å²) in [5.41, 5.74) is -0.544. The number of aliphatic hydroxyl groups is 1. The Balaban J connectivity index is 1.89. The number of rotatable bonds is 2. The molecule has 1 saturated heterocycles. The van der Waals surface area contributed by atoms with Gasteiger partial charge in [0.05, 0.1) is 5.60 Å². The molecule has 2 heteroatoms. The topological polar surface area (TPSA) is 29.5 Å². The van der Waals surface area contributed by atoms with Crippen molar-refractivity contribution in [3.8, 4) is 0 Å². The van der Waals surface area contributed by atoms with Crippen molar-refractivity contribution >= 4 is 0 Å². The molecule has 0 bridgehead atoms. The molecule has 0 spiro atoms. The third-order valence-electron chi connectivity index (χ3n) is 3.66. The molecule has 1 fully saturated rings. The van der Waals surface area contributed by atoms with Gasteiger partial charge >= 0.3 is 0 Å². The molecule has 1 aliphatic heterocycles. The van der Waals surface area contributed by atoms with Gasteiger partial charge in [-0.05, 0) is 43.9 Å². The van der Waals surface area contributed by atoms with Gasteiger partial charge in [-0.3, -0.25) is 0 Å². The highest BCUT2D eigenvalue weighted by Gasteiger charge is 2.31. The van der Waals surface area contributed by atoms with E-state index in [0.29, 0.717) is 11.8 Å². The van der Waals surface area contributed by atoms with Gasteiger partial charge in [0.2, 0.25) is 0 Å². The first-order chi connectivity index (χ1) is 7.18. The van der Waals surface area contributed by atoms with Crippen LogP contribution in [-0.2, 0) is 4.74 Å². The van der Waals surface area contributed by atoms with E-state index in [-0.39, 0.29) is 0 Å². The molecule has 1 heterocycles. The van der Waals surface area contributed by atoms with Crippen LogP contribution in [0.2, 0.25) is 0 Å². The van der Waals surface area contributed by atoms with E-state index in [1.807, 2.05) is 6.08 Å². The Labute approximate surface area is 92.3 Å². The third kappa shape index (κ3) is 3.05. The Hall–Kier alpha value is -0.340. The first-order valence-corrected chi connectivity index (χ1v) is 6.17. The van der Waals surface area contributed by atoms with Crippen molar-refractivity contribution in [1.29, 1.82) is 0 Å². The normalized spacial score (nSPS) is 41.7. The lowest BCUT2D eigenvalue weighted by Crippen LogP contribution is -2.34. The quantitative estimate of drug-likeness (QED) is 0.710. The summed E-state index contributed by atoms with van der Waals surface area (Å²) in [6.45, 7) is 3.95. The fraction of sp³-hybridized carbons (Fsp3) is 0.846. The molecule has 0 amide bonds. The maximum absolute atomic E-state index is 10.4. The average Bonchev–Trinajstić information content (AvgIpc) is 2.24. The van der Waals surface area contributed by atoms with Crippen molar-refractivity contribution in [3.63, 3.8) is 0 Å². The molecule has 0 radical (unpaired) electrons. The van der Waals surface area contributed by atoms with Crippen LogP contribution in [0.1, 0.15) is 39.0 Å². The van der Waals surface area contributed by atoms with Crippen molar-refractivity contribution in [1.82, 2.24) is 0 Å². The van der Waals surface area contributed by atoms with E-state index < -0.39 is 5.60 Å². The number of hydrogen-bond donors (Lipinski definition) is 1. The van der Waals surface area contributed by atoms with Crippen LogP contribution in [0.3, 0.4) is 0 Å². The fourth-order valence-electron chi connectivity index (χ4n) is 2.64. The van der Waals surface area contributed by atoms with E-state index in [9.17, 15) is 5.11 Å². The predicted molar refractivity (Wildman–Crippen MR) is 60.6 cm³/mol. The zero-order chi connectivity index (χ0) is 10.7. The Morgan fingerprint density at radius 3 is 2.93 bits per heavy atom. The highest BCUT2D eigenvalue weighted by Crippen LogP contribution is 2.33. The molecule has 15 heavy (non-hydrogen) atoms. The first kappa shape index (κ1) is 11.2. The minimum absolute atomic E-state index is 0.544. The van der Waals surface area contributed by atoms with Crippen LogP contribution < -0.4 is 0 Å². The largest absolute Gasteiger partial charge is 0.386 e. The average molecular weight is 210 g/mol. The van der Waals surface area contributed by atoms with Gasteiger partial charge in [0.1, 0.15) is 0 Å². The van der Waals surface area contributed by atoms with Crippen LogP contribution in [0.5, 0.6) is 0 Å². The second kappa shape index (κ2) is 4.67. The molecule has 0 aromatic rings. The Kier molecular flexibility index (Phi) is 3.47. The van der Waals surface area contributed by atoms with Crippen molar-refractivity contribution in [2.75, 3.05) is 13.2 Å². The standard InChI is InChI=1S/C13H22O2/c1-11-4-6-13(14,7-5-11)9-12-3-2-8-15-10-12/h4,6,11-12,14H,2-3,5,7-10H2,1H3. The van der Waals surface area contributed by atoms with Crippen molar-refractivity contribution in [3.05, 3.63) is 12.2 Å². The monoisotopic (exact) mass is 210 g/mol. The van der Waals surface area contributed by atoms with Gasteiger partial charge in [-0.1, -0.05) is 19.1 Å². The molecule has 2 nitrogen and oxygen atoms in total. The Bertz CT molecular complexity index is 231. The number of ether oxygens (including phenoxy) is 1. The summed E-state index contributed by atoms with van der Waals surface area (Å²) in [5.74, 6) is 1.19. The summed E-state index contributed by atoms with van der Waals surface area (Å²) in [4.78, 5) is 0. The molecule has 0 saturated carbocycles. The lowest BCUT2D eigenvalue weighted by molar-refractivity contribution is -0.00470. The molecule has 3 unspecified atom stereocenters. The second-order valence-electron chi connectivity index (χ2n) is 5.27. The zero-order valence-corrected chi connectivity index (χ0v) is 9.61. The van der Waals surface area contributed by atoms with Gasteiger partial charge in [-0.15, -0.1) is 0 Å². The van der Waals surface area contributed by atoms with E-state index in [1.165, 1.54) is 6.42 Å². The summed E-state index contributed by atoms with van der Waals surface area (Å²) in [5, 5.41) is 10.4. The molecule has 0 aromatic heterocycles.